The quantitative estimate of drug-likeness (QED) is 0.156. The van der Waals surface area contributed by atoms with Crippen LogP contribution in [0.5, 0.6) is 0 Å². The first-order valence-corrected chi connectivity index (χ1v) is 25.8. The number of benzene rings is 9. The Labute approximate surface area is 367 Å². The van der Waals surface area contributed by atoms with Crippen molar-refractivity contribution in [2.75, 3.05) is 0 Å². The van der Waals surface area contributed by atoms with E-state index in [2.05, 4.69) is 240 Å². The molecule has 0 bridgehead atoms. The fourth-order valence-corrected chi connectivity index (χ4v) is 21.1. The maximum absolute atomic E-state index is 5.69. The van der Waals surface area contributed by atoms with E-state index in [0.717, 1.165) is 39.6 Å². The SMILES string of the molecule is c1ccc(-c2nc(-c3ccc(-n4c5ccccc5c5c4ccc4c6ccccc6n(-c6ccccc6)c45)cc3)c3[c](n2)[Ge]([c]2ccccc2)([c]2ccccc2)[c]2ccccc2-3)cc1. The third kappa shape index (κ3) is 5.22. The van der Waals surface area contributed by atoms with Crippen LogP contribution in [-0.2, 0) is 0 Å². The molecule has 4 heterocycles. The van der Waals surface area contributed by atoms with Gasteiger partial charge in [-0.1, -0.05) is 36.4 Å². The Bertz CT molecular complexity index is 3670. The Morgan fingerprint density at radius 1 is 0.365 bits per heavy atom. The first-order chi connectivity index (χ1) is 31.3. The maximum atomic E-state index is 5.69. The van der Waals surface area contributed by atoms with Crippen molar-refractivity contribution in [1.82, 2.24) is 19.1 Å². The van der Waals surface area contributed by atoms with Crippen molar-refractivity contribution in [3.8, 4) is 45.1 Å². The molecule has 0 amide bonds. The molecule has 0 saturated heterocycles. The van der Waals surface area contributed by atoms with Gasteiger partial charge < -0.3 is 0 Å². The van der Waals surface area contributed by atoms with E-state index in [1.54, 1.807) is 0 Å². The Balaban J connectivity index is 1.06. The molecule has 0 fully saturated rings. The Kier molecular flexibility index (Phi) is 8.05. The van der Waals surface area contributed by atoms with Gasteiger partial charge in [-0.25, -0.2) is 0 Å². The summed E-state index contributed by atoms with van der Waals surface area (Å²) >= 11 is -3.67. The fraction of sp³-hybridized carbons (Fsp3) is 0. The molecule has 1 aliphatic heterocycles. The van der Waals surface area contributed by atoms with Crippen LogP contribution in [0.4, 0.5) is 0 Å². The average Bonchev–Trinajstić information content (AvgIpc) is 3.99. The van der Waals surface area contributed by atoms with E-state index in [1.807, 2.05) is 0 Å². The first kappa shape index (κ1) is 35.9. The van der Waals surface area contributed by atoms with Gasteiger partial charge in [0.15, 0.2) is 0 Å². The van der Waals surface area contributed by atoms with Gasteiger partial charge in [0.25, 0.3) is 0 Å². The second kappa shape index (κ2) is 14.1. The minimum absolute atomic E-state index is 0.753. The molecule has 4 nitrogen and oxygen atoms in total. The topological polar surface area (TPSA) is 35.6 Å². The van der Waals surface area contributed by atoms with E-state index in [-0.39, 0.29) is 0 Å². The standard InChI is InChI=1S/C58H38GeN4/c1-5-19-40(20-6-1)58-60-55(54-47-28-13-16-30-49(47)59(57(54)61-58,41-21-7-2-8-22-41)42-23-9-3-10-24-42)39-33-35-44(36-34-39)62-51-32-18-15-29-48(51)53-52(62)38-37-46-45-27-14-17-31-50(45)63(56(46)53)43-25-11-4-12-26-43/h1-38H. The molecule has 9 aromatic carbocycles. The predicted molar refractivity (Wildman–Crippen MR) is 264 cm³/mol. The molecule has 0 spiro atoms. The van der Waals surface area contributed by atoms with E-state index >= 15 is 0 Å². The zero-order valence-electron chi connectivity index (χ0n) is 34.2. The Morgan fingerprint density at radius 2 is 0.921 bits per heavy atom. The van der Waals surface area contributed by atoms with Gasteiger partial charge in [-0.15, -0.1) is 0 Å². The van der Waals surface area contributed by atoms with Gasteiger partial charge in [-0.2, -0.15) is 0 Å². The summed E-state index contributed by atoms with van der Waals surface area (Å²) in [5, 5.41) is 4.97. The summed E-state index contributed by atoms with van der Waals surface area (Å²) in [7, 11) is 0. The molecule has 12 aromatic rings. The second-order valence-corrected chi connectivity index (χ2v) is 24.2. The van der Waals surface area contributed by atoms with Crippen LogP contribution in [0.2, 0.25) is 0 Å². The zero-order chi connectivity index (χ0) is 41.5. The number of hydrogen-bond acceptors (Lipinski definition) is 2. The van der Waals surface area contributed by atoms with Crippen molar-refractivity contribution < 1.29 is 0 Å². The van der Waals surface area contributed by atoms with Crippen molar-refractivity contribution in [2.24, 2.45) is 0 Å². The van der Waals surface area contributed by atoms with E-state index in [1.165, 1.54) is 66.9 Å². The monoisotopic (exact) mass is 864 g/mol. The summed E-state index contributed by atoms with van der Waals surface area (Å²) in [6.45, 7) is 0. The summed E-state index contributed by atoms with van der Waals surface area (Å²) in [5.74, 6) is 0.753. The molecule has 0 atom stereocenters. The fourth-order valence-electron chi connectivity index (χ4n) is 10.6. The number of aromatic nitrogens is 4. The molecule has 0 N–H and O–H groups in total. The molecular weight excluding hydrogens is 825 g/mol. The Morgan fingerprint density at radius 3 is 1.62 bits per heavy atom. The number of nitrogens with zero attached hydrogens (tertiary/aromatic N) is 4. The van der Waals surface area contributed by atoms with E-state index in [0.29, 0.717) is 0 Å². The van der Waals surface area contributed by atoms with Crippen molar-refractivity contribution in [3.05, 3.63) is 231 Å². The Hall–Kier alpha value is -7.80. The molecule has 294 valence electrons. The van der Waals surface area contributed by atoms with Gasteiger partial charge in [-0.05, 0) is 18.2 Å². The summed E-state index contributed by atoms with van der Waals surface area (Å²) in [4.78, 5) is 11.2. The third-order valence-corrected chi connectivity index (χ3v) is 23.1. The van der Waals surface area contributed by atoms with Crippen LogP contribution < -0.4 is 17.7 Å². The van der Waals surface area contributed by atoms with E-state index in [9.17, 15) is 0 Å². The van der Waals surface area contributed by atoms with Crippen molar-refractivity contribution >= 4 is 74.6 Å². The second-order valence-electron chi connectivity index (χ2n) is 16.5. The summed E-state index contributed by atoms with van der Waals surface area (Å²) < 4.78 is 10.2. The summed E-state index contributed by atoms with van der Waals surface area (Å²) in [6.07, 6.45) is 0. The van der Waals surface area contributed by atoms with Crippen molar-refractivity contribution in [3.63, 3.8) is 0 Å². The van der Waals surface area contributed by atoms with Crippen LogP contribution in [0.15, 0.2) is 231 Å². The number of fused-ring (bicyclic) bond motifs is 10. The molecule has 63 heavy (non-hydrogen) atoms. The van der Waals surface area contributed by atoms with Crippen LogP contribution in [0.1, 0.15) is 0 Å². The number of hydrogen-bond donors (Lipinski definition) is 0. The normalized spacial score (nSPS) is 12.9. The molecule has 5 heteroatoms. The summed E-state index contributed by atoms with van der Waals surface area (Å²) in [6, 6.07) is 83.9. The van der Waals surface area contributed by atoms with Gasteiger partial charge in [-0.3, -0.25) is 0 Å². The van der Waals surface area contributed by atoms with E-state index < -0.39 is 13.3 Å². The molecule has 0 unspecified atom stereocenters. The van der Waals surface area contributed by atoms with Crippen molar-refractivity contribution in [1.29, 1.82) is 0 Å². The molecule has 0 aliphatic carbocycles. The molecule has 0 radical (unpaired) electrons. The number of rotatable bonds is 6. The van der Waals surface area contributed by atoms with Gasteiger partial charge in [0.1, 0.15) is 0 Å². The predicted octanol–water partition coefficient (Wildman–Crippen LogP) is 11.4. The summed E-state index contributed by atoms with van der Waals surface area (Å²) in [5.41, 5.74) is 12.4. The first-order valence-electron chi connectivity index (χ1n) is 21.6. The molecule has 1 aliphatic rings. The van der Waals surface area contributed by atoms with Crippen LogP contribution >= 0.6 is 0 Å². The zero-order valence-corrected chi connectivity index (χ0v) is 36.3. The number of para-hydroxylation sites is 3. The van der Waals surface area contributed by atoms with E-state index in [4.69, 9.17) is 9.97 Å². The van der Waals surface area contributed by atoms with Crippen LogP contribution in [0, 0.1) is 0 Å². The van der Waals surface area contributed by atoms with Crippen LogP contribution in [0.25, 0.3) is 88.8 Å². The van der Waals surface area contributed by atoms with Gasteiger partial charge >= 0.3 is 298 Å². The van der Waals surface area contributed by atoms with Crippen LogP contribution in [-0.4, -0.2) is 32.4 Å². The molecule has 3 aromatic heterocycles. The van der Waals surface area contributed by atoms with Gasteiger partial charge in [0, 0.05) is 11.1 Å². The third-order valence-electron chi connectivity index (χ3n) is 13.2. The van der Waals surface area contributed by atoms with Crippen molar-refractivity contribution in [2.45, 2.75) is 0 Å². The minimum atomic E-state index is -3.67. The average molecular weight is 864 g/mol. The molecule has 13 rings (SSSR count). The molecule has 0 saturated carbocycles. The van der Waals surface area contributed by atoms with Gasteiger partial charge in [0.2, 0.25) is 0 Å². The van der Waals surface area contributed by atoms with Gasteiger partial charge in [0.05, 0.1) is 5.52 Å². The van der Waals surface area contributed by atoms with Crippen LogP contribution in [0.3, 0.4) is 0 Å². The molecular formula is C58H38GeN4.